The van der Waals surface area contributed by atoms with E-state index in [4.69, 9.17) is 16.3 Å². The summed E-state index contributed by atoms with van der Waals surface area (Å²) in [5, 5.41) is 3.19. The van der Waals surface area contributed by atoms with Gasteiger partial charge in [-0.2, -0.15) is 0 Å². The number of carbonyl (C=O) groups excluding carboxylic acids is 3. The number of halogens is 3. The number of hydrogen-bond acceptors (Lipinski definition) is 4. The molecule has 0 aliphatic carbocycles. The van der Waals surface area contributed by atoms with E-state index in [-0.39, 0.29) is 42.4 Å². The first-order valence-electron chi connectivity index (χ1n) is 13.5. The minimum atomic E-state index is -1.79. The van der Waals surface area contributed by atoms with E-state index < -0.39 is 29.3 Å². The zero-order valence-electron chi connectivity index (χ0n) is 23.2. The van der Waals surface area contributed by atoms with E-state index in [1.54, 1.807) is 35.0 Å². The minimum Gasteiger partial charge on any atom is -0.489 e. The van der Waals surface area contributed by atoms with Gasteiger partial charge in [-0.3, -0.25) is 14.4 Å². The van der Waals surface area contributed by atoms with E-state index in [1.165, 1.54) is 30.9 Å². The number of carbonyl (C=O) groups is 3. The largest absolute Gasteiger partial charge is 0.489 e. The average molecular weight is 594 g/mol. The van der Waals surface area contributed by atoms with Crippen molar-refractivity contribution in [2.75, 3.05) is 6.54 Å². The van der Waals surface area contributed by atoms with Gasteiger partial charge < -0.3 is 19.5 Å². The third-order valence-corrected chi connectivity index (χ3v) is 7.68. The molecule has 1 aliphatic rings. The van der Waals surface area contributed by atoms with E-state index >= 15 is 4.39 Å². The fourth-order valence-corrected chi connectivity index (χ4v) is 5.47. The van der Waals surface area contributed by atoms with Gasteiger partial charge in [0.25, 0.3) is 0 Å². The van der Waals surface area contributed by atoms with Crippen molar-refractivity contribution in [1.82, 2.24) is 14.8 Å². The SMILES string of the molecule is CC(=O)c1cn(CC(=O)N2C[C@](C)(F)C[C@H]2C(=O)NCc2cccc(Cl)c2F)c2cc(OCc3ccccc3)ccc12. The van der Waals surface area contributed by atoms with Crippen LogP contribution in [0.25, 0.3) is 10.9 Å². The van der Waals surface area contributed by atoms with Gasteiger partial charge in [0, 0.05) is 41.7 Å². The highest BCUT2D eigenvalue weighted by molar-refractivity contribution is 6.30. The maximum Gasteiger partial charge on any atom is 0.243 e. The van der Waals surface area contributed by atoms with Crippen LogP contribution < -0.4 is 10.1 Å². The van der Waals surface area contributed by atoms with Gasteiger partial charge in [-0.1, -0.05) is 54.1 Å². The zero-order chi connectivity index (χ0) is 30.0. The van der Waals surface area contributed by atoms with Gasteiger partial charge in [-0.05, 0) is 37.6 Å². The summed E-state index contributed by atoms with van der Waals surface area (Å²) in [6.45, 7) is 2.45. The summed E-state index contributed by atoms with van der Waals surface area (Å²) in [5.41, 5.74) is 0.399. The molecule has 2 amide bonds. The lowest BCUT2D eigenvalue weighted by Gasteiger charge is -2.24. The number of ether oxygens (including phenoxy) is 1. The van der Waals surface area contributed by atoms with Crippen molar-refractivity contribution in [1.29, 1.82) is 0 Å². The molecule has 218 valence electrons. The second-order valence-electron chi connectivity index (χ2n) is 10.8. The summed E-state index contributed by atoms with van der Waals surface area (Å²) in [6, 6.07) is 18.3. The van der Waals surface area contributed by atoms with Gasteiger partial charge in [0.15, 0.2) is 5.78 Å². The summed E-state index contributed by atoms with van der Waals surface area (Å²) >= 11 is 5.83. The van der Waals surface area contributed by atoms with Crippen LogP contribution in [-0.4, -0.2) is 45.3 Å². The fraction of sp³-hybridized carbons (Fsp3) is 0.281. The third kappa shape index (κ3) is 6.31. The molecule has 1 fully saturated rings. The topological polar surface area (TPSA) is 80.6 Å². The summed E-state index contributed by atoms with van der Waals surface area (Å²) in [4.78, 5) is 40.3. The molecular formula is C32H30ClF2N3O4. The lowest BCUT2D eigenvalue weighted by atomic mass is 10.0. The summed E-state index contributed by atoms with van der Waals surface area (Å²) < 4.78 is 37.1. The molecule has 10 heteroatoms. The number of rotatable bonds is 9. The van der Waals surface area contributed by atoms with E-state index in [9.17, 15) is 18.8 Å². The molecule has 2 atom stereocenters. The summed E-state index contributed by atoms with van der Waals surface area (Å²) in [7, 11) is 0. The number of nitrogens with one attached hydrogen (secondary N) is 1. The normalized spacial score (nSPS) is 18.3. The molecule has 42 heavy (non-hydrogen) atoms. The summed E-state index contributed by atoms with van der Waals surface area (Å²) in [6.07, 6.45) is 1.39. The molecule has 0 unspecified atom stereocenters. The van der Waals surface area contributed by atoms with Crippen LogP contribution in [0.4, 0.5) is 8.78 Å². The van der Waals surface area contributed by atoms with E-state index in [0.717, 1.165) is 5.56 Å². The number of amides is 2. The Balaban J connectivity index is 1.36. The van der Waals surface area contributed by atoms with Crippen molar-refractivity contribution in [3.63, 3.8) is 0 Å². The van der Waals surface area contributed by atoms with Gasteiger partial charge in [0.05, 0.1) is 17.1 Å². The van der Waals surface area contributed by atoms with Crippen molar-refractivity contribution in [2.45, 2.75) is 51.7 Å². The number of hydrogen-bond donors (Lipinski definition) is 1. The Morgan fingerprint density at radius 1 is 1.10 bits per heavy atom. The smallest absolute Gasteiger partial charge is 0.243 e. The van der Waals surface area contributed by atoms with Gasteiger partial charge in [-0.15, -0.1) is 0 Å². The summed E-state index contributed by atoms with van der Waals surface area (Å²) in [5.74, 6) is -1.36. The van der Waals surface area contributed by atoms with Crippen LogP contribution in [0.2, 0.25) is 5.02 Å². The van der Waals surface area contributed by atoms with Crippen LogP contribution >= 0.6 is 11.6 Å². The molecule has 0 spiro atoms. The highest BCUT2D eigenvalue weighted by Gasteiger charge is 2.46. The number of alkyl halides is 1. The average Bonchev–Trinajstić information content (AvgIpc) is 3.49. The Kier molecular flexibility index (Phi) is 8.31. The second-order valence-corrected chi connectivity index (χ2v) is 11.2. The number of nitrogens with zero attached hydrogens (tertiary/aromatic N) is 2. The first kappa shape index (κ1) is 29.3. The zero-order valence-corrected chi connectivity index (χ0v) is 24.0. The van der Waals surface area contributed by atoms with Crippen LogP contribution in [-0.2, 0) is 29.3 Å². The van der Waals surface area contributed by atoms with E-state index in [1.807, 2.05) is 30.3 Å². The molecule has 1 saturated heterocycles. The number of benzene rings is 3. The van der Waals surface area contributed by atoms with Crippen LogP contribution in [0, 0.1) is 5.82 Å². The van der Waals surface area contributed by atoms with Crippen molar-refractivity contribution < 1.29 is 27.9 Å². The van der Waals surface area contributed by atoms with Crippen LogP contribution in [0.3, 0.4) is 0 Å². The predicted molar refractivity (Wildman–Crippen MR) is 156 cm³/mol. The molecule has 3 aromatic carbocycles. The Labute approximate surface area is 247 Å². The van der Waals surface area contributed by atoms with Gasteiger partial charge in [0.2, 0.25) is 11.8 Å². The third-order valence-electron chi connectivity index (χ3n) is 7.39. The molecule has 5 rings (SSSR count). The van der Waals surface area contributed by atoms with Crippen molar-refractivity contribution in [3.05, 3.63) is 100 Å². The van der Waals surface area contributed by atoms with Gasteiger partial charge >= 0.3 is 0 Å². The molecule has 4 aromatic rings. The first-order chi connectivity index (χ1) is 20.0. The lowest BCUT2D eigenvalue weighted by molar-refractivity contribution is -0.139. The van der Waals surface area contributed by atoms with Crippen LogP contribution in [0.15, 0.2) is 72.9 Å². The number of ketones is 1. The van der Waals surface area contributed by atoms with Gasteiger partial charge in [-0.25, -0.2) is 8.78 Å². The molecule has 1 aromatic heterocycles. The van der Waals surface area contributed by atoms with Crippen LogP contribution in [0.5, 0.6) is 5.75 Å². The monoisotopic (exact) mass is 593 g/mol. The Bertz CT molecular complexity index is 1650. The van der Waals surface area contributed by atoms with Crippen molar-refractivity contribution in [2.24, 2.45) is 0 Å². The molecule has 0 saturated carbocycles. The Morgan fingerprint density at radius 3 is 2.60 bits per heavy atom. The molecule has 1 N–H and O–H groups in total. The lowest BCUT2D eigenvalue weighted by Crippen LogP contribution is -2.46. The number of fused-ring (bicyclic) bond motifs is 1. The predicted octanol–water partition coefficient (Wildman–Crippen LogP) is 5.86. The molecule has 1 aliphatic heterocycles. The highest BCUT2D eigenvalue weighted by Crippen LogP contribution is 2.32. The fourth-order valence-electron chi connectivity index (χ4n) is 5.27. The van der Waals surface area contributed by atoms with Gasteiger partial charge in [0.1, 0.15) is 36.4 Å². The van der Waals surface area contributed by atoms with E-state index in [2.05, 4.69) is 5.32 Å². The second kappa shape index (κ2) is 11.9. The maximum atomic E-state index is 15.2. The Morgan fingerprint density at radius 2 is 1.86 bits per heavy atom. The number of aromatic nitrogens is 1. The first-order valence-corrected chi connectivity index (χ1v) is 13.9. The minimum absolute atomic E-state index is 0.0757. The van der Waals surface area contributed by atoms with Crippen molar-refractivity contribution in [3.8, 4) is 5.75 Å². The molecule has 7 nitrogen and oxygen atoms in total. The Hall–Kier alpha value is -4.24. The number of likely N-dealkylation sites (tertiary alicyclic amines) is 1. The maximum absolute atomic E-state index is 15.2. The highest BCUT2D eigenvalue weighted by atomic mass is 35.5. The number of Topliss-reactive ketones (excluding diaryl/α,β-unsaturated/α-hetero) is 1. The van der Waals surface area contributed by atoms with E-state index in [0.29, 0.717) is 28.8 Å². The van der Waals surface area contributed by atoms with Crippen LogP contribution in [0.1, 0.15) is 41.8 Å². The standard InChI is InChI=1S/C32H30ClF2N3O4/c1-20(39)25-16-37(27-13-23(11-12-24(25)27)42-18-21-7-4-3-5-8-21)17-29(40)38-19-32(2,35)14-28(38)31(41)36-15-22-9-6-10-26(33)30(22)34/h3-13,16,28H,14-15,17-19H2,1-2H3,(H,36,41)/t28-,32+/m0/s1. The molecule has 0 bridgehead atoms. The quantitative estimate of drug-likeness (QED) is 0.247. The molecule has 2 heterocycles. The molecule has 0 radical (unpaired) electrons. The molecular weight excluding hydrogens is 564 g/mol. The van der Waals surface area contributed by atoms with Crippen molar-refractivity contribution >= 4 is 40.1 Å².